The minimum Gasteiger partial charge on any atom is -0.309 e. The van der Waals surface area contributed by atoms with Crippen molar-refractivity contribution in [3.8, 4) is 56.9 Å². The van der Waals surface area contributed by atoms with Crippen molar-refractivity contribution in [2.45, 2.75) is 0 Å². The van der Waals surface area contributed by atoms with E-state index in [1.54, 1.807) is 0 Å². The van der Waals surface area contributed by atoms with Crippen molar-refractivity contribution in [1.29, 1.82) is 10.5 Å². The molecule has 0 aliphatic rings. The van der Waals surface area contributed by atoms with Crippen LogP contribution >= 0.6 is 0 Å². The van der Waals surface area contributed by atoms with E-state index in [0.29, 0.717) is 16.7 Å². The first-order valence-corrected chi connectivity index (χ1v) is 18.0. The molecule has 4 nitrogen and oxygen atoms in total. The van der Waals surface area contributed by atoms with Gasteiger partial charge in [-0.2, -0.15) is 10.5 Å². The Balaban J connectivity index is 1.31. The molecule has 0 unspecified atom stereocenters. The molecule has 4 heteroatoms. The summed E-state index contributed by atoms with van der Waals surface area (Å²) in [5, 5.41) is 26.2. The quantitative estimate of drug-likeness (QED) is 0.181. The molecule has 0 saturated carbocycles. The van der Waals surface area contributed by atoms with E-state index in [-0.39, 0.29) is 0 Å². The van der Waals surface area contributed by atoms with Crippen molar-refractivity contribution in [2.24, 2.45) is 0 Å². The third-order valence-corrected chi connectivity index (χ3v) is 10.6. The number of aromatic nitrogens is 2. The number of hydrogen-bond acceptors (Lipinski definition) is 2. The summed E-state index contributed by atoms with van der Waals surface area (Å²) in [6.45, 7) is 0. The highest BCUT2D eigenvalue weighted by Gasteiger charge is 2.23. The zero-order valence-electron chi connectivity index (χ0n) is 29.1. The summed E-state index contributed by atoms with van der Waals surface area (Å²) in [6.07, 6.45) is 0. The topological polar surface area (TPSA) is 57.4 Å². The van der Waals surface area contributed by atoms with Gasteiger partial charge in [0.2, 0.25) is 0 Å². The van der Waals surface area contributed by atoms with Crippen LogP contribution in [0, 0.1) is 22.7 Å². The van der Waals surface area contributed by atoms with Gasteiger partial charge in [0.15, 0.2) is 0 Å². The Kier molecular flexibility index (Phi) is 7.22. The highest BCUT2D eigenvalue weighted by molar-refractivity contribution is 6.19. The van der Waals surface area contributed by atoms with Gasteiger partial charge in [0.05, 0.1) is 33.2 Å². The van der Waals surface area contributed by atoms with E-state index in [2.05, 4.69) is 130 Å². The molecule has 0 aliphatic carbocycles. The molecule has 2 aromatic heterocycles. The van der Waals surface area contributed by atoms with Gasteiger partial charge in [-0.1, -0.05) is 127 Å². The molecule has 2 heterocycles. The first-order valence-electron chi connectivity index (χ1n) is 18.0. The Morgan fingerprint density at radius 1 is 0.333 bits per heavy atom. The summed E-state index contributed by atoms with van der Waals surface area (Å²) in [7, 11) is 0. The van der Waals surface area contributed by atoms with Crippen LogP contribution in [0.4, 0.5) is 0 Å². The van der Waals surface area contributed by atoms with E-state index < -0.39 is 0 Å². The first kappa shape index (κ1) is 31.1. The second-order valence-electron chi connectivity index (χ2n) is 13.5. The molecular weight excluding hydrogens is 657 g/mol. The lowest BCUT2D eigenvalue weighted by Gasteiger charge is -2.17. The maximum atomic E-state index is 10.9. The lowest BCUT2D eigenvalue weighted by atomic mass is 9.84. The van der Waals surface area contributed by atoms with E-state index in [9.17, 15) is 10.5 Å². The highest BCUT2D eigenvalue weighted by Crippen LogP contribution is 2.44. The Bertz CT molecular complexity index is 3140. The molecule has 0 saturated heterocycles. The molecule has 8 aromatic carbocycles. The Hall–Kier alpha value is -7.66. The fourth-order valence-corrected chi connectivity index (χ4v) is 8.24. The van der Waals surface area contributed by atoms with E-state index >= 15 is 0 Å². The predicted molar refractivity (Wildman–Crippen MR) is 221 cm³/mol. The Morgan fingerprint density at radius 3 is 1.35 bits per heavy atom. The van der Waals surface area contributed by atoms with Crippen LogP contribution in [0.2, 0.25) is 0 Å². The number of benzene rings is 8. The zero-order chi connectivity index (χ0) is 36.2. The van der Waals surface area contributed by atoms with Crippen molar-refractivity contribution >= 4 is 43.6 Å². The molecule has 54 heavy (non-hydrogen) atoms. The summed E-state index contributed by atoms with van der Waals surface area (Å²) in [6, 6.07) is 67.7. The molecule has 0 atom stereocenters. The third kappa shape index (κ3) is 4.76. The summed E-state index contributed by atoms with van der Waals surface area (Å²) in [5.74, 6) is 0. The van der Waals surface area contributed by atoms with Crippen LogP contribution in [0.3, 0.4) is 0 Å². The lowest BCUT2D eigenvalue weighted by Crippen LogP contribution is -1.98. The molecular formula is C50H30N4. The normalized spacial score (nSPS) is 11.3. The Morgan fingerprint density at radius 2 is 0.778 bits per heavy atom. The summed E-state index contributed by atoms with van der Waals surface area (Å²) in [5.41, 5.74) is 12.5. The van der Waals surface area contributed by atoms with E-state index in [4.69, 9.17) is 0 Å². The fourth-order valence-electron chi connectivity index (χ4n) is 8.24. The smallest absolute Gasteiger partial charge is 0.100 e. The van der Waals surface area contributed by atoms with Crippen molar-refractivity contribution in [1.82, 2.24) is 9.13 Å². The standard InChI is InChI=1S/C50H30N4/c51-31-44-40(33-15-5-1-6-16-33)28-41(45(32-52)50(44)34-17-7-2-8-18-34)35-25-26-39-43-30-48-42(29-49(43)54(47(39)27-35)37-21-11-4-12-22-37)38-23-13-14-24-46(38)53(48)36-19-9-3-10-20-36/h1-30H. The maximum absolute atomic E-state index is 10.9. The zero-order valence-corrected chi connectivity index (χ0v) is 29.1. The van der Waals surface area contributed by atoms with E-state index in [0.717, 1.165) is 72.0 Å². The number of nitrogens with zero attached hydrogens (tertiary/aromatic N) is 4. The average Bonchev–Trinajstić information content (AvgIpc) is 3.74. The van der Waals surface area contributed by atoms with Crippen molar-refractivity contribution in [3.05, 3.63) is 193 Å². The van der Waals surface area contributed by atoms with E-state index in [1.165, 1.54) is 10.8 Å². The SMILES string of the molecule is N#Cc1c(-c2ccccc2)cc(-c2ccc3c4cc5c(cc4n(-c4ccccc4)c3c2)c2ccccc2n5-c2ccccc2)c(C#N)c1-c1ccccc1. The number of para-hydroxylation sites is 3. The lowest BCUT2D eigenvalue weighted by molar-refractivity contribution is 1.17. The van der Waals surface area contributed by atoms with Gasteiger partial charge in [0, 0.05) is 49.6 Å². The largest absolute Gasteiger partial charge is 0.309 e. The molecule has 10 aromatic rings. The van der Waals surface area contributed by atoms with Crippen LogP contribution in [-0.4, -0.2) is 9.13 Å². The molecule has 0 spiro atoms. The molecule has 0 aliphatic heterocycles. The average molecular weight is 687 g/mol. The van der Waals surface area contributed by atoms with Crippen LogP contribution < -0.4 is 0 Å². The molecule has 0 fully saturated rings. The second kappa shape index (κ2) is 12.5. The summed E-state index contributed by atoms with van der Waals surface area (Å²) < 4.78 is 4.70. The minimum absolute atomic E-state index is 0.480. The predicted octanol–water partition coefficient (Wildman–Crippen LogP) is 12.6. The van der Waals surface area contributed by atoms with Crippen molar-refractivity contribution in [2.75, 3.05) is 0 Å². The second-order valence-corrected chi connectivity index (χ2v) is 13.5. The Labute approximate surface area is 312 Å². The van der Waals surface area contributed by atoms with Gasteiger partial charge < -0.3 is 9.13 Å². The monoisotopic (exact) mass is 686 g/mol. The van der Waals surface area contributed by atoms with Crippen molar-refractivity contribution in [3.63, 3.8) is 0 Å². The molecule has 0 bridgehead atoms. The summed E-state index contributed by atoms with van der Waals surface area (Å²) in [4.78, 5) is 0. The van der Waals surface area contributed by atoms with Crippen molar-refractivity contribution < 1.29 is 0 Å². The van der Waals surface area contributed by atoms with Gasteiger partial charge in [0.25, 0.3) is 0 Å². The fraction of sp³-hybridized carbons (Fsp3) is 0. The van der Waals surface area contributed by atoms with Crippen LogP contribution in [0.15, 0.2) is 182 Å². The number of fused-ring (bicyclic) bond motifs is 6. The van der Waals surface area contributed by atoms with Crippen LogP contribution in [0.5, 0.6) is 0 Å². The van der Waals surface area contributed by atoms with Crippen LogP contribution in [0.1, 0.15) is 11.1 Å². The third-order valence-electron chi connectivity index (χ3n) is 10.6. The van der Waals surface area contributed by atoms with Crippen LogP contribution in [0.25, 0.3) is 88.4 Å². The van der Waals surface area contributed by atoms with Gasteiger partial charge in [-0.25, -0.2) is 0 Å². The van der Waals surface area contributed by atoms with Gasteiger partial charge >= 0.3 is 0 Å². The first-order chi connectivity index (χ1) is 26.7. The maximum Gasteiger partial charge on any atom is 0.100 e. The molecule has 0 amide bonds. The van der Waals surface area contributed by atoms with Gasteiger partial charge in [-0.15, -0.1) is 0 Å². The van der Waals surface area contributed by atoms with E-state index in [1.807, 2.05) is 72.8 Å². The van der Waals surface area contributed by atoms with Gasteiger partial charge in [-0.05, 0) is 71.3 Å². The summed E-state index contributed by atoms with van der Waals surface area (Å²) >= 11 is 0. The molecule has 0 N–H and O–H groups in total. The minimum atomic E-state index is 0.480. The number of nitriles is 2. The van der Waals surface area contributed by atoms with Gasteiger partial charge in [0.1, 0.15) is 12.1 Å². The highest BCUT2D eigenvalue weighted by atomic mass is 15.0. The number of rotatable bonds is 5. The molecule has 10 rings (SSSR count). The van der Waals surface area contributed by atoms with Gasteiger partial charge in [-0.3, -0.25) is 0 Å². The van der Waals surface area contributed by atoms with Crippen LogP contribution in [-0.2, 0) is 0 Å². The number of hydrogen-bond donors (Lipinski definition) is 0. The molecule has 250 valence electrons. The molecule has 0 radical (unpaired) electrons.